The number of aliphatic carboxylic acids is 1. The molecule has 22 N–H and O–H groups in total. The molecule has 1 aliphatic rings. The van der Waals surface area contributed by atoms with Crippen LogP contribution in [0.5, 0.6) is 5.75 Å². The molecule has 7 amide bonds. The fourth-order valence-electron chi connectivity index (χ4n) is 8.14. The molecule has 1 saturated heterocycles. The van der Waals surface area contributed by atoms with E-state index in [0.717, 1.165) is 0 Å². The predicted octanol–water partition coefficient (Wildman–Crippen LogP) is -4.54. The van der Waals surface area contributed by atoms with Gasteiger partial charge in [-0.2, -0.15) is 0 Å². The molecule has 1 aromatic rings. The van der Waals surface area contributed by atoms with Gasteiger partial charge in [0.2, 0.25) is 41.4 Å². The van der Waals surface area contributed by atoms with Gasteiger partial charge in [-0.3, -0.25) is 43.5 Å². The van der Waals surface area contributed by atoms with Gasteiger partial charge in [0, 0.05) is 65.3 Å². The average molecular weight is 1060 g/mol. The van der Waals surface area contributed by atoms with Crippen LogP contribution in [-0.4, -0.2) is 176 Å². The second-order valence-corrected chi connectivity index (χ2v) is 19.0. The van der Waals surface area contributed by atoms with E-state index in [1.165, 1.54) is 17.0 Å². The summed E-state index contributed by atoms with van der Waals surface area (Å²) in [6, 6.07) is -1.50. The third kappa shape index (κ3) is 24.4. The van der Waals surface area contributed by atoms with Crippen molar-refractivity contribution in [3.8, 4) is 5.75 Å². The average Bonchev–Trinajstić information content (AvgIpc) is 3.86. The second-order valence-electron chi connectivity index (χ2n) is 19.0. The summed E-state index contributed by atoms with van der Waals surface area (Å²) in [4.78, 5) is 119. The number of carboxylic acids is 1. The van der Waals surface area contributed by atoms with Gasteiger partial charge in [-0.15, -0.1) is 0 Å². The molecule has 0 saturated carbocycles. The number of phenols is 1. The maximum absolute atomic E-state index is 14.7. The van der Waals surface area contributed by atoms with E-state index in [4.69, 9.17) is 34.4 Å². The Hall–Kier alpha value is -6.84. The van der Waals surface area contributed by atoms with Gasteiger partial charge in [0.15, 0.2) is 11.9 Å². The molecule has 0 aromatic heterocycles. The fourth-order valence-corrected chi connectivity index (χ4v) is 8.14. The number of guanidine groups is 2. The lowest BCUT2D eigenvalue weighted by Gasteiger charge is -2.31. The van der Waals surface area contributed by atoms with Crippen LogP contribution in [-0.2, 0) is 44.8 Å². The van der Waals surface area contributed by atoms with Crippen LogP contribution in [0.4, 0.5) is 0 Å². The summed E-state index contributed by atoms with van der Waals surface area (Å²) in [6.45, 7) is 9.07. The zero-order valence-electron chi connectivity index (χ0n) is 43.9. The van der Waals surface area contributed by atoms with E-state index in [-0.39, 0.29) is 101 Å². The van der Waals surface area contributed by atoms with Crippen LogP contribution >= 0.6 is 0 Å². The zero-order valence-corrected chi connectivity index (χ0v) is 43.9. The Balaban J connectivity index is 2.45. The SMILES string of the molecule is CC[C@H](C)[C@H](NC(=O)[C@H](Cc1ccc(O)cc1)NC(=O)[C@@H]1CCCN1C(=O)[C@H](CCCN=C(N)N)NC(=O)[C@H](CCCN=C(N)N)NC(=O)CNC(=O)C(CNCCN)CNCCN)C(=O)N[C@@H](CC(C)C)C(=O)O. The van der Waals surface area contributed by atoms with Gasteiger partial charge in [0.25, 0.3) is 0 Å². The van der Waals surface area contributed by atoms with Crippen molar-refractivity contribution >= 4 is 59.2 Å². The van der Waals surface area contributed by atoms with E-state index in [0.29, 0.717) is 44.6 Å². The topological polar surface area (TPSA) is 457 Å². The molecule has 1 fully saturated rings. The first-order valence-electron chi connectivity index (χ1n) is 25.6. The third-order valence-corrected chi connectivity index (χ3v) is 12.3. The van der Waals surface area contributed by atoms with Gasteiger partial charge in [0.05, 0.1) is 12.5 Å². The van der Waals surface area contributed by atoms with Gasteiger partial charge in [-0.25, -0.2) is 4.79 Å². The highest BCUT2D eigenvalue weighted by Crippen LogP contribution is 2.21. The standard InChI is InChI=1S/C48H85N17O10/c1-5-29(4)39(44(72)63-36(46(74)75)23-28(2)3)64-42(70)35(24-30-12-14-32(66)15-13-30)62-43(71)37-11-8-22-65(37)45(73)34(10-7-19-58-48(53)54)61-41(69)33(9-6-18-57-47(51)52)60-38(67)27-59-40(68)31(25-55-20-16-49)26-56-21-17-50/h12-15,28-29,31,33-37,39,55-56,66H,5-11,16-27,49-50H2,1-4H3,(H,59,68)(H,60,67)(H,61,69)(H,62,71)(H,63,72)(H,64,70)(H,74,75)(H4,51,52,57)(H4,53,54,58)/t29-,33-,34-,35-,36-,37-,39-/m0/s1. The number of aromatic hydroxyl groups is 1. The number of amides is 7. The van der Waals surface area contributed by atoms with Crippen LogP contribution in [0.2, 0.25) is 0 Å². The summed E-state index contributed by atoms with van der Waals surface area (Å²) in [5, 5.41) is 42.1. The summed E-state index contributed by atoms with van der Waals surface area (Å²) in [7, 11) is 0. The molecule has 1 heterocycles. The molecule has 0 unspecified atom stereocenters. The van der Waals surface area contributed by atoms with Gasteiger partial charge in [-0.1, -0.05) is 46.2 Å². The van der Waals surface area contributed by atoms with E-state index >= 15 is 0 Å². The summed E-state index contributed by atoms with van der Waals surface area (Å²) < 4.78 is 0. The molecule has 0 bridgehead atoms. The normalized spacial score (nSPS) is 15.6. The number of rotatable bonds is 36. The highest BCUT2D eigenvalue weighted by Gasteiger charge is 2.40. The lowest BCUT2D eigenvalue weighted by Crippen LogP contribution is -2.60. The number of carbonyl (C=O) groups excluding carboxylic acids is 7. The highest BCUT2D eigenvalue weighted by atomic mass is 16.4. The number of hydrogen-bond donors (Lipinski definition) is 16. The van der Waals surface area contributed by atoms with Crippen molar-refractivity contribution in [2.24, 2.45) is 62.1 Å². The smallest absolute Gasteiger partial charge is 0.326 e. The van der Waals surface area contributed by atoms with Crippen molar-refractivity contribution < 1.29 is 48.6 Å². The molecule has 0 radical (unpaired) electrons. The van der Waals surface area contributed by atoms with E-state index in [1.807, 2.05) is 13.8 Å². The minimum atomic E-state index is -1.33. The van der Waals surface area contributed by atoms with Crippen LogP contribution in [0, 0.1) is 17.8 Å². The second kappa shape index (κ2) is 34.6. The summed E-state index contributed by atoms with van der Waals surface area (Å²) in [6.07, 6.45) is 1.39. The predicted molar refractivity (Wildman–Crippen MR) is 283 cm³/mol. The Labute approximate surface area is 439 Å². The fraction of sp³-hybridized carbons (Fsp3) is 0.667. The Morgan fingerprint density at radius 1 is 0.720 bits per heavy atom. The molecule has 75 heavy (non-hydrogen) atoms. The number of carbonyl (C=O) groups is 8. The molecule has 422 valence electrons. The molecule has 1 aliphatic heterocycles. The van der Waals surface area contributed by atoms with Gasteiger partial charge in [0.1, 0.15) is 42.0 Å². The molecule has 27 nitrogen and oxygen atoms in total. The number of carboxylic acid groups (broad SMARTS) is 1. The van der Waals surface area contributed by atoms with E-state index in [2.05, 4.69) is 52.5 Å². The number of phenolic OH excluding ortho intramolecular Hbond substituents is 1. The van der Waals surface area contributed by atoms with Crippen LogP contribution in [0.25, 0.3) is 0 Å². The molecule has 0 spiro atoms. The van der Waals surface area contributed by atoms with E-state index in [1.54, 1.807) is 26.0 Å². The minimum absolute atomic E-state index is 0.00270. The number of nitrogens with one attached hydrogen (secondary N) is 8. The number of hydrogen-bond acceptors (Lipinski definition) is 15. The van der Waals surface area contributed by atoms with Gasteiger partial charge >= 0.3 is 5.97 Å². The van der Waals surface area contributed by atoms with Crippen LogP contribution < -0.4 is 76.9 Å². The maximum Gasteiger partial charge on any atom is 0.326 e. The first-order valence-corrected chi connectivity index (χ1v) is 25.6. The Morgan fingerprint density at radius 2 is 1.28 bits per heavy atom. The monoisotopic (exact) mass is 1060 g/mol. The molecule has 1 aromatic carbocycles. The number of aliphatic imine (C=N–C) groups is 2. The van der Waals surface area contributed by atoms with Crippen molar-refractivity contribution in [2.45, 2.75) is 122 Å². The molecular formula is C48H85N17O10. The van der Waals surface area contributed by atoms with Crippen LogP contribution in [0.3, 0.4) is 0 Å². The number of benzene rings is 1. The van der Waals surface area contributed by atoms with Crippen LogP contribution in [0.15, 0.2) is 34.3 Å². The highest BCUT2D eigenvalue weighted by molar-refractivity contribution is 5.97. The van der Waals surface area contributed by atoms with E-state index < -0.39 is 102 Å². The molecule has 2 rings (SSSR count). The quantitative estimate of drug-likeness (QED) is 0.0171. The van der Waals surface area contributed by atoms with Gasteiger partial charge in [-0.05, 0) is 74.5 Å². The molecular weight excluding hydrogens is 975 g/mol. The first kappa shape index (κ1) is 64.3. The van der Waals surface area contributed by atoms with Crippen molar-refractivity contribution in [1.29, 1.82) is 0 Å². The lowest BCUT2D eigenvalue weighted by molar-refractivity contribution is -0.143. The lowest BCUT2D eigenvalue weighted by atomic mass is 9.96. The molecule has 27 heteroatoms. The number of nitrogens with two attached hydrogens (primary N) is 6. The largest absolute Gasteiger partial charge is 0.508 e. The maximum atomic E-state index is 14.7. The number of likely N-dealkylation sites (tertiary alicyclic amines) is 1. The zero-order chi connectivity index (χ0) is 56.0. The summed E-state index contributed by atoms with van der Waals surface area (Å²) in [5.41, 5.74) is 33.8. The van der Waals surface area contributed by atoms with Gasteiger partial charge < -0.3 is 92.0 Å². The Bertz CT molecular complexity index is 2040. The van der Waals surface area contributed by atoms with E-state index in [9.17, 15) is 48.6 Å². The number of nitrogens with zero attached hydrogens (tertiary/aromatic N) is 3. The van der Waals surface area contributed by atoms with Crippen molar-refractivity contribution in [3.63, 3.8) is 0 Å². The van der Waals surface area contributed by atoms with Crippen molar-refractivity contribution in [2.75, 3.05) is 65.4 Å². The van der Waals surface area contributed by atoms with Crippen molar-refractivity contribution in [3.05, 3.63) is 29.8 Å². The molecule has 0 aliphatic carbocycles. The summed E-state index contributed by atoms with van der Waals surface area (Å²) >= 11 is 0. The van der Waals surface area contributed by atoms with Crippen molar-refractivity contribution in [1.82, 2.24) is 47.4 Å². The molecule has 7 atom stereocenters. The Kier molecular flexibility index (Phi) is 29.7. The Morgan fingerprint density at radius 3 is 1.81 bits per heavy atom. The first-order chi connectivity index (χ1) is 35.6. The summed E-state index contributed by atoms with van der Waals surface area (Å²) in [5.74, 6) is -7.55. The minimum Gasteiger partial charge on any atom is -0.508 e. The third-order valence-electron chi connectivity index (χ3n) is 12.3. The van der Waals surface area contributed by atoms with Crippen LogP contribution in [0.1, 0.15) is 84.6 Å².